The summed E-state index contributed by atoms with van der Waals surface area (Å²) in [6.07, 6.45) is 5.19. The predicted octanol–water partition coefficient (Wildman–Crippen LogP) is 0.953. The van der Waals surface area contributed by atoms with Gasteiger partial charge in [-0.05, 0) is 11.6 Å². The molecule has 2 N–H and O–H groups in total. The summed E-state index contributed by atoms with van der Waals surface area (Å²) in [6.45, 7) is 0.685. The highest BCUT2D eigenvalue weighted by Crippen LogP contribution is 2.14. The first kappa shape index (κ1) is 14.5. The smallest absolute Gasteiger partial charge is 0.276 e. The second-order valence-electron chi connectivity index (χ2n) is 4.60. The van der Waals surface area contributed by atoms with E-state index in [1.807, 2.05) is 12.1 Å². The molecule has 0 bridgehead atoms. The van der Waals surface area contributed by atoms with Gasteiger partial charge in [-0.1, -0.05) is 6.07 Å². The highest BCUT2D eigenvalue weighted by molar-refractivity contribution is 5.97. The standard InChI is InChI=1S/C14H16N6O/c1-19-10-12(16)13(18-19)14(21)20(7-3-5-15)9-11-4-2-6-17-8-11/h2,4,6,8,10H,3,7,9,16H2,1H3. The molecule has 0 aliphatic carbocycles. The fourth-order valence-electron chi connectivity index (χ4n) is 1.97. The van der Waals surface area contributed by atoms with E-state index >= 15 is 0 Å². The predicted molar refractivity (Wildman–Crippen MR) is 76.8 cm³/mol. The Morgan fingerprint density at radius 3 is 2.95 bits per heavy atom. The summed E-state index contributed by atoms with van der Waals surface area (Å²) in [5, 5.41) is 12.8. The summed E-state index contributed by atoms with van der Waals surface area (Å²) in [4.78, 5) is 18.1. The van der Waals surface area contributed by atoms with Crippen LogP contribution in [0, 0.1) is 11.3 Å². The van der Waals surface area contributed by atoms with E-state index in [9.17, 15) is 4.79 Å². The average molecular weight is 284 g/mol. The Morgan fingerprint density at radius 2 is 2.38 bits per heavy atom. The van der Waals surface area contributed by atoms with Crippen molar-refractivity contribution in [1.29, 1.82) is 5.26 Å². The van der Waals surface area contributed by atoms with E-state index in [1.54, 1.807) is 36.6 Å². The number of anilines is 1. The van der Waals surface area contributed by atoms with Crippen molar-refractivity contribution in [1.82, 2.24) is 19.7 Å². The molecule has 2 aromatic rings. The summed E-state index contributed by atoms with van der Waals surface area (Å²) in [5.74, 6) is -0.285. The molecule has 0 saturated heterocycles. The summed E-state index contributed by atoms with van der Waals surface area (Å²) >= 11 is 0. The van der Waals surface area contributed by atoms with Gasteiger partial charge in [0.1, 0.15) is 0 Å². The van der Waals surface area contributed by atoms with Crippen LogP contribution in [-0.4, -0.2) is 32.1 Å². The summed E-state index contributed by atoms with van der Waals surface area (Å²) in [5.41, 5.74) is 7.22. The molecule has 7 nitrogen and oxygen atoms in total. The molecule has 0 spiro atoms. The van der Waals surface area contributed by atoms with E-state index in [4.69, 9.17) is 11.0 Å². The van der Waals surface area contributed by atoms with Gasteiger partial charge < -0.3 is 10.6 Å². The number of nitriles is 1. The van der Waals surface area contributed by atoms with Crippen LogP contribution >= 0.6 is 0 Å². The second-order valence-corrected chi connectivity index (χ2v) is 4.60. The van der Waals surface area contributed by atoms with Gasteiger partial charge in [0.15, 0.2) is 5.69 Å². The Balaban J connectivity index is 2.21. The monoisotopic (exact) mass is 284 g/mol. The fourth-order valence-corrected chi connectivity index (χ4v) is 1.97. The molecule has 0 unspecified atom stereocenters. The zero-order valence-corrected chi connectivity index (χ0v) is 11.7. The van der Waals surface area contributed by atoms with E-state index < -0.39 is 0 Å². The number of nitrogens with zero attached hydrogens (tertiary/aromatic N) is 5. The van der Waals surface area contributed by atoms with Gasteiger partial charge in [-0.15, -0.1) is 0 Å². The van der Waals surface area contributed by atoms with Crippen molar-refractivity contribution in [2.75, 3.05) is 12.3 Å². The molecule has 0 atom stereocenters. The molecule has 7 heteroatoms. The molecule has 1 amide bonds. The third-order valence-corrected chi connectivity index (χ3v) is 2.94. The van der Waals surface area contributed by atoms with Gasteiger partial charge in [0, 0.05) is 38.7 Å². The maximum absolute atomic E-state index is 12.5. The van der Waals surface area contributed by atoms with Crippen LogP contribution in [0.3, 0.4) is 0 Å². The van der Waals surface area contributed by atoms with Gasteiger partial charge in [0.05, 0.1) is 18.2 Å². The highest BCUT2D eigenvalue weighted by Gasteiger charge is 2.21. The molecule has 0 saturated carbocycles. The molecule has 0 aromatic carbocycles. The molecular formula is C14H16N6O. The first-order valence-corrected chi connectivity index (χ1v) is 6.46. The lowest BCUT2D eigenvalue weighted by atomic mass is 10.2. The number of pyridine rings is 1. The first-order valence-electron chi connectivity index (χ1n) is 6.46. The number of aryl methyl sites for hydroxylation is 1. The SMILES string of the molecule is Cn1cc(N)c(C(=O)N(CCC#N)Cc2cccnc2)n1. The summed E-state index contributed by atoms with van der Waals surface area (Å²) in [7, 11) is 1.70. The van der Waals surface area contributed by atoms with E-state index in [-0.39, 0.29) is 18.0 Å². The third-order valence-electron chi connectivity index (χ3n) is 2.94. The van der Waals surface area contributed by atoms with Crippen LogP contribution in [0.5, 0.6) is 0 Å². The lowest BCUT2D eigenvalue weighted by Crippen LogP contribution is -2.32. The van der Waals surface area contributed by atoms with E-state index in [2.05, 4.69) is 10.1 Å². The number of amides is 1. The molecule has 21 heavy (non-hydrogen) atoms. The molecule has 0 fully saturated rings. The minimum atomic E-state index is -0.285. The Morgan fingerprint density at radius 1 is 1.57 bits per heavy atom. The molecule has 2 heterocycles. The van der Waals surface area contributed by atoms with Crippen LogP contribution in [0.15, 0.2) is 30.7 Å². The Kier molecular flexibility index (Phi) is 4.51. The van der Waals surface area contributed by atoms with Gasteiger partial charge in [-0.25, -0.2) is 0 Å². The number of carbonyl (C=O) groups excluding carboxylic acids is 1. The molecule has 108 valence electrons. The van der Waals surface area contributed by atoms with Crippen molar-refractivity contribution in [3.63, 3.8) is 0 Å². The zero-order chi connectivity index (χ0) is 15.2. The molecule has 0 radical (unpaired) electrons. The number of hydrogen-bond acceptors (Lipinski definition) is 5. The van der Waals surface area contributed by atoms with Crippen LogP contribution in [0.4, 0.5) is 5.69 Å². The van der Waals surface area contributed by atoms with Gasteiger partial charge in [0.25, 0.3) is 5.91 Å². The Hall–Kier alpha value is -2.88. The molecule has 0 aliphatic rings. The minimum absolute atomic E-state index is 0.208. The zero-order valence-electron chi connectivity index (χ0n) is 11.7. The van der Waals surface area contributed by atoms with Gasteiger partial charge in [-0.3, -0.25) is 14.5 Å². The lowest BCUT2D eigenvalue weighted by molar-refractivity contribution is 0.0741. The summed E-state index contributed by atoms with van der Waals surface area (Å²) < 4.78 is 1.50. The molecule has 2 aromatic heterocycles. The topological polar surface area (TPSA) is 101 Å². The maximum Gasteiger partial charge on any atom is 0.276 e. The normalized spacial score (nSPS) is 10.1. The second kappa shape index (κ2) is 6.52. The number of hydrogen-bond donors (Lipinski definition) is 1. The van der Waals surface area contributed by atoms with Gasteiger partial charge >= 0.3 is 0 Å². The number of nitrogens with two attached hydrogens (primary N) is 1. The number of nitrogen functional groups attached to an aromatic ring is 1. The fraction of sp³-hybridized carbons (Fsp3) is 0.286. The van der Waals surface area contributed by atoms with Crippen molar-refractivity contribution in [3.8, 4) is 6.07 Å². The van der Waals surface area contributed by atoms with Crippen LogP contribution < -0.4 is 5.73 Å². The average Bonchev–Trinajstić information content (AvgIpc) is 2.82. The van der Waals surface area contributed by atoms with Gasteiger partial charge in [-0.2, -0.15) is 10.4 Å². The minimum Gasteiger partial charge on any atom is -0.396 e. The van der Waals surface area contributed by atoms with Crippen molar-refractivity contribution in [2.45, 2.75) is 13.0 Å². The van der Waals surface area contributed by atoms with Crippen LogP contribution in [0.2, 0.25) is 0 Å². The van der Waals surface area contributed by atoms with Crippen molar-refractivity contribution in [3.05, 3.63) is 42.0 Å². The van der Waals surface area contributed by atoms with E-state index in [0.29, 0.717) is 18.8 Å². The number of aromatic nitrogens is 3. The van der Waals surface area contributed by atoms with Crippen LogP contribution in [-0.2, 0) is 13.6 Å². The van der Waals surface area contributed by atoms with Crippen molar-refractivity contribution < 1.29 is 4.79 Å². The van der Waals surface area contributed by atoms with Crippen molar-refractivity contribution >= 4 is 11.6 Å². The third kappa shape index (κ3) is 3.57. The number of rotatable bonds is 5. The molecular weight excluding hydrogens is 268 g/mol. The number of carbonyl (C=O) groups is 1. The Bertz CT molecular complexity index is 658. The largest absolute Gasteiger partial charge is 0.396 e. The van der Waals surface area contributed by atoms with E-state index in [1.165, 1.54) is 4.68 Å². The highest BCUT2D eigenvalue weighted by atomic mass is 16.2. The first-order chi connectivity index (χ1) is 10.1. The van der Waals surface area contributed by atoms with Gasteiger partial charge in [0.2, 0.25) is 0 Å². The maximum atomic E-state index is 12.5. The molecule has 0 aliphatic heterocycles. The quantitative estimate of drug-likeness (QED) is 0.881. The Labute approximate surface area is 122 Å². The lowest BCUT2D eigenvalue weighted by Gasteiger charge is -2.20. The summed E-state index contributed by atoms with van der Waals surface area (Å²) in [6, 6.07) is 5.72. The van der Waals surface area contributed by atoms with Crippen LogP contribution in [0.1, 0.15) is 22.5 Å². The van der Waals surface area contributed by atoms with Crippen molar-refractivity contribution in [2.24, 2.45) is 7.05 Å². The van der Waals surface area contributed by atoms with Crippen LogP contribution in [0.25, 0.3) is 0 Å². The molecule has 2 rings (SSSR count). The van der Waals surface area contributed by atoms with E-state index in [0.717, 1.165) is 5.56 Å².